The van der Waals surface area contributed by atoms with Gasteiger partial charge in [0.2, 0.25) is 0 Å². The first-order valence-electron chi connectivity index (χ1n) is 7.07. The molecule has 2 N–H and O–H groups in total. The summed E-state index contributed by atoms with van der Waals surface area (Å²) in [6.07, 6.45) is 1.82. The van der Waals surface area contributed by atoms with E-state index in [1.165, 1.54) is 0 Å². The van der Waals surface area contributed by atoms with Crippen molar-refractivity contribution in [1.29, 1.82) is 0 Å². The molecule has 0 spiro atoms. The van der Waals surface area contributed by atoms with Crippen LogP contribution in [0, 0.1) is 13.8 Å². The van der Waals surface area contributed by atoms with E-state index in [9.17, 15) is 9.90 Å². The summed E-state index contributed by atoms with van der Waals surface area (Å²) in [4.78, 5) is 11.3. The average Bonchev–Trinajstić information content (AvgIpc) is 2.43. The molecule has 0 radical (unpaired) electrons. The van der Waals surface area contributed by atoms with Gasteiger partial charge in [-0.15, -0.1) is 0 Å². The minimum absolute atomic E-state index is 0.529. The maximum atomic E-state index is 11.3. The zero-order chi connectivity index (χ0) is 15.2. The molecule has 0 aliphatic rings. The van der Waals surface area contributed by atoms with Gasteiger partial charge in [-0.2, -0.15) is 0 Å². The van der Waals surface area contributed by atoms with E-state index in [2.05, 4.69) is 11.4 Å². The maximum absolute atomic E-state index is 11.3. The fraction of sp³-hybridized carbons (Fsp3) is 0.562. The van der Waals surface area contributed by atoms with Gasteiger partial charge in [-0.05, 0) is 57.4 Å². The van der Waals surface area contributed by atoms with Crippen molar-refractivity contribution in [2.24, 2.45) is 0 Å². The van der Waals surface area contributed by atoms with Crippen LogP contribution in [-0.2, 0) is 4.79 Å². The van der Waals surface area contributed by atoms with Crippen LogP contribution in [0.25, 0.3) is 0 Å². The first kappa shape index (κ1) is 16.5. The number of benzene rings is 1. The van der Waals surface area contributed by atoms with Crippen molar-refractivity contribution < 1.29 is 14.6 Å². The molecule has 4 nitrogen and oxygen atoms in total. The molecule has 0 aliphatic carbocycles. The Balaban J connectivity index is 2.52. The second kappa shape index (κ2) is 7.29. The molecule has 0 aromatic heterocycles. The van der Waals surface area contributed by atoms with E-state index in [1.807, 2.05) is 32.9 Å². The summed E-state index contributed by atoms with van der Waals surface area (Å²) in [7, 11) is 1.70. The monoisotopic (exact) mass is 279 g/mol. The highest BCUT2D eigenvalue weighted by Gasteiger charge is 2.34. The van der Waals surface area contributed by atoms with Crippen molar-refractivity contribution in [3.63, 3.8) is 0 Å². The lowest BCUT2D eigenvalue weighted by Crippen LogP contribution is -2.50. The minimum Gasteiger partial charge on any atom is -0.493 e. The highest BCUT2D eigenvalue weighted by Crippen LogP contribution is 2.21. The summed E-state index contributed by atoms with van der Waals surface area (Å²) in [5, 5.41) is 12.2. The van der Waals surface area contributed by atoms with E-state index in [0.29, 0.717) is 25.9 Å². The third-order valence-electron chi connectivity index (χ3n) is 3.84. The van der Waals surface area contributed by atoms with Crippen LogP contribution >= 0.6 is 0 Å². The fourth-order valence-electron chi connectivity index (χ4n) is 2.26. The second-order valence-electron chi connectivity index (χ2n) is 5.21. The molecule has 0 amide bonds. The summed E-state index contributed by atoms with van der Waals surface area (Å²) in [5.74, 6) is 0.0844. The Bertz CT molecular complexity index is 453. The van der Waals surface area contributed by atoms with E-state index >= 15 is 0 Å². The van der Waals surface area contributed by atoms with Crippen LogP contribution in [0.4, 0.5) is 0 Å². The fourth-order valence-corrected chi connectivity index (χ4v) is 2.26. The number of carboxylic acid groups (broad SMARTS) is 1. The van der Waals surface area contributed by atoms with Gasteiger partial charge in [0.25, 0.3) is 0 Å². The molecule has 112 valence electrons. The zero-order valence-electron chi connectivity index (χ0n) is 12.8. The lowest BCUT2D eigenvalue weighted by molar-refractivity contribution is -0.145. The molecule has 4 heteroatoms. The molecule has 0 saturated carbocycles. The van der Waals surface area contributed by atoms with Gasteiger partial charge in [0.1, 0.15) is 11.3 Å². The lowest BCUT2D eigenvalue weighted by atomic mass is 9.91. The van der Waals surface area contributed by atoms with Crippen molar-refractivity contribution in [1.82, 2.24) is 5.32 Å². The van der Waals surface area contributed by atoms with Gasteiger partial charge in [-0.3, -0.25) is 4.79 Å². The number of aliphatic carboxylic acids is 1. The van der Waals surface area contributed by atoms with Crippen LogP contribution in [0.1, 0.15) is 37.3 Å². The van der Waals surface area contributed by atoms with Gasteiger partial charge in [0, 0.05) is 0 Å². The topological polar surface area (TPSA) is 58.6 Å². The number of hydrogen-bond donors (Lipinski definition) is 2. The zero-order valence-corrected chi connectivity index (χ0v) is 12.8. The number of aryl methyl sites for hydroxylation is 2. The van der Waals surface area contributed by atoms with Crippen LogP contribution < -0.4 is 10.1 Å². The quantitative estimate of drug-likeness (QED) is 0.718. The normalized spacial score (nSPS) is 13.8. The van der Waals surface area contributed by atoms with Crippen LogP contribution in [0.3, 0.4) is 0 Å². The molecular formula is C16H25NO3. The molecule has 0 saturated heterocycles. The third-order valence-corrected chi connectivity index (χ3v) is 3.84. The van der Waals surface area contributed by atoms with Gasteiger partial charge in [-0.1, -0.05) is 19.1 Å². The summed E-state index contributed by atoms with van der Waals surface area (Å²) in [6, 6.07) is 6.10. The summed E-state index contributed by atoms with van der Waals surface area (Å²) in [5.41, 5.74) is 1.42. The Morgan fingerprint density at radius 3 is 2.65 bits per heavy atom. The molecular weight excluding hydrogens is 254 g/mol. The van der Waals surface area contributed by atoms with Crippen LogP contribution in [0.15, 0.2) is 18.2 Å². The smallest absolute Gasteiger partial charge is 0.323 e. The number of rotatable bonds is 8. The van der Waals surface area contributed by atoms with E-state index in [4.69, 9.17) is 4.74 Å². The van der Waals surface area contributed by atoms with Crippen LogP contribution in [-0.4, -0.2) is 30.3 Å². The number of ether oxygens (including phenoxy) is 1. The van der Waals surface area contributed by atoms with E-state index in [1.54, 1.807) is 7.05 Å². The first-order chi connectivity index (χ1) is 9.45. The van der Waals surface area contributed by atoms with Crippen LogP contribution in [0.5, 0.6) is 5.75 Å². The maximum Gasteiger partial charge on any atom is 0.323 e. The predicted molar refractivity (Wildman–Crippen MR) is 80.4 cm³/mol. The van der Waals surface area contributed by atoms with Crippen molar-refractivity contribution in [3.05, 3.63) is 29.3 Å². The Morgan fingerprint density at radius 2 is 2.10 bits per heavy atom. The van der Waals surface area contributed by atoms with Gasteiger partial charge in [0.15, 0.2) is 0 Å². The Morgan fingerprint density at radius 1 is 1.40 bits per heavy atom. The van der Waals surface area contributed by atoms with E-state index < -0.39 is 11.5 Å². The SMILES string of the molecule is CCC(CCCOc1cc(C)ccc1C)(NC)C(=O)O. The third kappa shape index (κ3) is 3.97. The molecule has 1 atom stereocenters. The first-order valence-corrected chi connectivity index (χ1v) is 7.07. The Labute approximate surface area is 121 Å². The van der Waals surface area contributed by atoms with Gasteiger partial charge in [0.05, 0.1) is 6.61 Å². The molecule has 1 rings (SSSR count). The lowest BCUT2D eigenvalue weighted by Gasteiger charge is -2.27. The molecule has 1 aromatic carbocycles. The highest BCUT2D eigenvalue weighted by molar-refractivity contribution is 5.78. The van der Waals surface area contributed by atoms with Gasteiger partial charge < -0.3 is 15.2 Å². The molecule has 0 aliphatic heterocycles. The molecule has 0 bridgehead atoms. The second-order valence-corrected chi connectivity index (χ2v) is 5.21. The molecule has 1 unspecified atom stereocenters. The Kier molecular flexibility index (Phi) is 6.02. The van der Waals surface area contributed by atoms with Crippen LogP contribution in [0.2, 0.25) is 0 Å². The largest absolute Gasteiger partial charge is 0.493 e. The van der Waals surface area contributed by atoms with Crippen molar-refractivity contribution in [2.75, 3.05) is 13.7 Å². The summed E-state index contributed by atoms with van der Waals surface area (Å²) < 4.78 is 5.76. The van der Waals surface area contributed by atoms with Crippen molar-refractivity contribution in [3.8, 4) is 5.75 Å². The van der Waals surface area contributed by atoms with Crippen molar-refractivity contribution in [2.45, 2.75) is 45.6 Å². The molecule has 0 heterocycles. The standard InChI is InChI=1S/C16H25NO3/c1-5-16(17-4,15(18)19)9-6-10-20-14-11-12(2)7-8-13(14)3/h7-8,11,17H,5-6,9-10H2,1-4H3,(H,18,19). The number of likely N-dealkylation sites (N-methyl/N-ethyl adjacent to an activating group) is 1. The van der Waals surface area contributed by atoms with Gasteiger partial charge >= 0.3 is 5.97 Å². The van der Waals surface area contributed by atoms with E-state index in [0.717, 1.165) is 16.9 Å². The summed E-state index contributed by atoms with van der Waals surface area (Å²) >= 11 is 0. The van der Waals surface area contributed by atoms with Crippen molar-refractivity contribution >= 4 is 5.97 Å². The summed E-state index contributed by atoms with van der Waals surface area (Å²) in [6.45, 7) is 6.45. The number of hydrogen-bond acceptors (Lipinski definition) is 3. The molecule has 0 fully saturated rings. The Hall–Kier alpha value is -1.55. The average molecular weight is 279 g/mol. The predicted octanol–water partition coefficient (Wildman–Crippen LogP) is 2.92. The number of carbonyl (C=O) groups is 1. The van der Waals surface area contributed by atoms with Gasteiger partial charge in [-0.25, -0.2) is 0 Å². The number of nitrogens with one attached hydrogen (secondary N) is 1. The minimum atomic E-state index is -0.842. The highest BCUT2D eigenvalue weighted by atomic mass is 16.5. The molecule has 20 heavy (non-hydrogen) atoms. The molecule has 1 aromatic rings. The number of carboxylic acids is 1. The van der Waals surface area contributed by atoms with E-state index in [-0.39, 0.29) is 0 Å².